The molecule has 0 spiro atoms. The molecule has 3 N–H and O–H groups in total. The maximum atomic E-state index is 10.9. The number of nitrogens with zero attached hydrogens (tertiary/aromatic N) is 5. The van der Waals surface area contributed by atoms with Crippen molar-refractivity contribution >= 4 is 17.5 Å². The van der Waals surface area contributed by atoms with Crippen LogP contribution in [0.15, 0.2) is 42.9 Å². The first-order valence-corrected chi connectivity index (χ1v) is 8.49. The highest BCUT2D eigenvalue weighted by molar-refractivity contribution is 5.73. The van der Waals surface area contributed by atoms with Gasteiger partial charge in [-0.05, 0) is 18.9 Å². The monoisotopic (exact) mass is 366 g/mol. The minimum Gasteiger partial charge on any atom is -0.480 e. The van der Waals surface area contributed by atoms with Crippen LogP contribution in [0.4, 0.5) is 11.5 Å². The van der Waals surface area contributed by atoms with E-state index in [9.17, 15) is 4.79 Å². The summed E-state index contributed by atoms with van der Waals surface area (Å²) in [4.78, 5) is 21.8. The molecule has 27 heavy (non-hydrogen) atoms. The van der Waals surface area contributed by atoms with Gasteiger partial charge in [-0.2, -0.15) is 5.10 Å². The van der Waals surface area contributed by atoms with Crippen molar-refractivity contribution < 1.29 is 9.90 Å². The van der Waals surface area contributed by atoms with Crippen molar-refractivity contribution in [3.8, 4) is 11.3 Å². The molecule has 0 aliphatic rings. The van der Waals surface area contributed by atoms with Crippen LogP contribution in [0, 0.1) is 6.92 Å². The summed E-state index contributed by atoms with van der Waals surface area (Å²) in [7, 11) is 3.81. The van der Waals surface area contributed by atoms with Crippen molar-refractivity contribution in [3.63, 3.8) is 0 Å². The number of hydrogen-bond acceptors (Lipinski definition) is 6. The number of carbonyl (C=O) groups is 1. The topological polar surface area (TPSA) is 110 Å². The molecular weight excluding hydrogens is 344 g/mol. The molecule has 3 aromatic rings. The smallest absolute Gasteiger partial charge is 0.320 e. The molecule has 140 valence electrons. The van der Waals surface area contributed by atoms with Gasteiger partial charge in [-0.25, -0.2) is 4.98 Å². The quantitative estimate of drug-likeness (QED) is 0.685. The van der Waals surface area contributed by atoms with Crippen LogP contribution in [0.25, 0.3) is 11.3 Å². The third kappa shape index (κ3) is 4.12. The first kappa shape index (κ1) is 18.5. The van der Waals surface area contributed by atoms with Gasteiger partial charge in [-0.3, -0.25) is 14.5 Å². The van der Waals surface area contributed by atoms with Gasteiger partial charge in [-0.1, -0.05) is 24.3 Å². The zero-order chi connectivity index (χ0) is 19.6. The van der Waals surface area contributed by atoms with Crippen LogP contribution >= 0.6 is 0 Å². The fraction of sp³-hybridized carbons (Fsp3) is 0.263. The van der Waals surface area contributed by atoms with Gasteiger partial charge >= 0.3 is 5.97 Å². The molecule has 0 aliphatic heterocycles. The number of hydrogen-bond donors (Lipinski definition) is 2. The minimum atomic E-state index is -1.01. The lowest BCUT2D eigenvalue weighted by Gasteiger charge is -2.16. The highest BCUT2D eigenvalue weighted by atomic mass is 16.4. The molecule has 0 radical (unpaired) electrons. The van der Waals surface area contributed by atoms with Crippen molar-refractivity contribution in [2.24, 2.45) is 12.8 Å². The van der Waals surface area contributed by atoms with E-state index in [1.54, 1.807) is 17.1 Å². The largest absolute Gasteiger partial charge is 0.480 e. The third-order valence-electron chi connectivity index (χ3n) is 4.35. The van der Waals surface area contributed by atoms with Gasteiger partial charge in [0.1, 0.15) is 6.04 Å². The minimum absolute atomic E-state index is 0.287. The maximum absolute atomic E-state index is 10.9. The normalized spacial score (nSPS) is 12.0. The van der Waals surface area contributed by atoms with E-state index in [0.717, 1.165) is 34.0 Å². The Labute approximate surface area is 157 Å². The first-order chi connectivity index (χ1) is 12.8. The number of carboxylic acids is 1. The average molecular weight is 366 g/mol. The number of benzene rings is 1. The molecule has 0 aliphatic carbocycles. The highest BCUT2D eigenvalue weighted by Gasteiger charge is 2.13. The van der Waals surface area contributed by atoms with Gasteiger partial charge in [0.05, 0.1) is 29.5 Å². The molecule has 0 saturated heterocycles. The molecule has 0 saturated carbocycles. The molecule has 1 unspecified atom stereocenters. The molecule has 8 heteroatoms. The number of aliphatic carboxylic acids is 1. The standard InChI is InChI=1S/C19H22N6O2/c1-12-17(11-24(2)23-12)25(3)18-10-21-16(9-22-18)14-6-4-13(5-7-14)8-15(20)19(26)27/h4-7,9-11,15H,8,20H2,1-3H3,(H,26,27). The second-order valence-corrected chi connectivity index (χ2v) is 6.44. The van der Waals surface area contributed by atoms with Gasteiger partial charge in [0.2, 0.25) is 0 Å². The molecule has 0 amide bonds. The maximum Gasteiger partial charge on any atom is 0.320 e. The van der Waals surface area contributed by atoms with Gasteiger partial charge < -0.3 is 15.7 Å². The van der Waals surface area contributed by atoms with Crippen molar-refractivity contribution in [1.29, 1.82) is 0 Å². The fourth-order valence-corrected chi connectivity index (χ4v) is 2.84. The van der Waals surface area contributed by atoms with Crippen molar-refractivity contribution in [1.82, 2.24) is 19.7 Å². The van der Waals surface area contributed by atoms with E-state index in [0.29, 0.717) is 0 Å². The Morgan fingerprint density at radius 2 is 1.96 bits per heavy atom. The summed E-state index contributed by atoms with van der Waals surface area (Å²) in [6.45, 7) is 1.95. The van der Waals surface area contributed by atoms with Crippen LogP contribution in [0.1, 0.15) is 11.3 Å². The molecular formula is C19H22N6O2. The number of aromatic nitrogens is 4. The van der Waals surface area contributed by atoms with E-state index >= 15 is 0 Å². The summed E-state index contributed by atoms with van der Waals surface area (Å²) < 4.78 is 1.76. The number of aryl methyl sites for hydroxylation is 2. The summed E-state index contributed by atoms with van der Waals surface area (Å²) in [5, 5.41) is 13.2. The fourth-order valence-electron chi connectivity index (χ4n) is 2.84. The first-order valence-electron chi connectivity index (χ1n) is 8.49. The number of anilines is 2. The molecule has 2 heterocycles. The summed E-state index contributed by atoms with van der Waals surface area (Å²) in [6, 6.07) is 6.60. The Balaban J connectivity index is 1.75. The van der Waals surface area contributed by atoms with E-state index in [-0.39, 0.29) is 6.42 Å². The molecule has 0 bridgehead atoms. The van der Waals surface area contributed by atoms with Crippen LogP contribution in [-0.4, -0.2) is 43.9 Å². The van der Waals surface area contributed by atoms with Crippen LogP contribution < -0.4 is 10.6 Å². The van der Waals surface area contributed by atoms with Crippen molar-refractivity contribution in [2.45, 2.75) is 19.4 Å². The van der Waals surface area contributed by atoms with E-state index in [1.165, 1.54) is 0 Å². The molecule has 2 aromatic heterocycles. The molecule has 1 aromatic carbocycles. The Kier molecular flexibility index (Phi) is 5.18. The number of carboxylic acid groups (broad SMARTS) is 1. The van der Waals surface area contributed by atoms with E-state index in [1.807, 2.05) is 56.4 Å². The van der Waals surface area contributed by atoms with E-state index in [2.05, 4.69) is 15.1 Å². The number of nitrogens with two attached hydrogens (primary N) is 1. The SMILES string of the molecule is Cc1nn(C)cc1N(C)c1cnc(-c2ccc(CC(N)C(=O)O)cc2)cn1. The Morgan fingerprint density at radius 1 is 1.26 bits per heavy atom. The van der Waals surface area contributed by atoms with Gasteiger partial charge in [0.15, 0.2) is 5.82 Å². The molecule has 8 nitrogen and oxygen atoms in total. The molecule has 1 atom stereocenters. The summed E-state index contributed by atoms with van der Waals surface area (Å²) in [6.07, 6.45) is 5.66. The second kappa shape index (κ2) is 7.55. The zero-order valence-corrected chi connectivity index (χ0v) is 15.5. The number of rotatable bonds is 6. The van der Waals surface area contributed by atoms with E-state index in [4.69, 9.17) is 10.8 Å². The van der Waals surface area contributed by atoms with Crippen LogP contribution in [0.5, 0.6) is 0 Å². The Morgan fingerprint density at radius 3 is 2.48 bits per heavy atom. The van der Waals surface area contributed by atoms with Crippen LogP contribution in [0.3, 0.4) is 0 Å². The molecule has 0 fully saturated rings. The third-order valence-corrected chi connectivity index (χ3v) is 4.35. The van der Waals surface area contributed by atoms with Gasteiger partial charge in [0, 0.05) is 25.9 Å². The lowest BCUT2D eigenvalue weighted by atomic mass is 10.0. The lowest BCUT2D eigenvalue weighted by Crippen LogP contribution is -2.32. The van der Waals surface area contributed by atoms with Crippen molar-refractivity contribution in [3.05, 3.63) is 54.1 Å². The van der Waals surface area contributed by atoms with Gasteiger partial charge in [-0.15, -0.1) is 0 Å². The van der Waals surface area contributed by atoms with E-state index < -0.39 is 12.0 Å². The molecule has 3 rings (SSSR count). The lowest BCUT2D eigenvalue weighted by molar-refractivity contribution is -0.138. The van der Waals surface area contributed by atoms with Gasteiger partial charge in [0.25, 0.3) is 0 Å². The average Bonchev–Trinajstić information content (AvgIpc) is 3.00. The Bertz CT molecular complexity index is 934. The summed E-state index contributed by atoms with van der Waals surface area (Å²) >= 11 is 0. The predicted octanol–water partition coefficient (Wildman–Crippen LogP) is 1.91. The summed E-state index contributed by atoms with van der Waals surface area (Å²) in [5.74, 6) is -0.285. The van der Waals surface area contributed by atoms with Crippen LogP contribution in [-0.2, 0) is 18.3 Å². The Hall–Kier alpha value is -3.26. The highest BCUT2D eigenvalue weighted by Crippen LogP contribution is 2.25. The predicted molar refractivity (Wildman–Crippen MR) is 103 cm³/mol. The second-order valence-electron chi connectivity index (χ2n) is 6.44. The summed E-state index contributed by atoms with van der Waals surface area (Å²) in [5.41, 5.74) is 9.97. The van der Waals surface area contributed by atoms with Crippen LogP contribution in [0.2, 0.25) is 0 Å². The zero-order valence-electron chi connectivity index (χ0n) is 15.5. The van der Waals surface area contributed by atoms with Crippen molar-refractivity contribution in [2.75, 3.05) is 11.9 Å².